The summed E-state index contributed by atoms with van der Waals surface area (Å²) in [4.78, 5) is 38.2. The first-order valence-corrected chi connectivity index (χ1v) is 5.95. The first-order valence-electron chi connectivity index (χ1n) is 5.95. The van der Waals surface area contributed by atoms with Crippen LogP contribution in [-0.2, 0) is 9.59 Å². The number of pyridine rings is 1. The topological polar surface area (TPSA) is 80.5 Å². The SMILES string of the molecule is O=Cc1cccn2c(C3CCC(=O)NC3=O)ncc12. The first-order chi connectivity index (χ1) is 9.20. The van der Waals surface area contributed by atoms with Gasteiger partial charge in [-0.1, -0.05) is 0 Å². The Kier molecular flexibility index (Phi) is 2.63. The summed E-state index contributed by atoms with van der Waals surface area (Å²) in [7, 11) is 0. The Hall–Kier alpha value is -2.50. The maximum Gasteiger partial charge on any atom is 0.237 e. The van der Waals surface area contributed by atoms with Crippen molar-refractivity contribution < 1.29 is 14.4 Å². The molecule has 1 atom stereocenters. The smallest absolute Gasteiger partial charge is 0.237 e. The second kappa shape index (κ2) is 4.31. The van der Waals surface area contributed by atoms with Gasteiger partial charge >= 0.3 is 0 Å². The van der Waals surface area contributed by atoms with E-state index in [1.807, 2.05) is 0 Å². The lowest BCUT2D eigenvalue weighted by molar-refractivity contribution is -0.134. The molecule has 19 heavy (non-hydrogen) atoms. The van der Waals surface area contributed by atoms with Crippen molar-refractivity contribution in [2.75, 3.05) is 0 Å². The van der Waals surface area contributed by atoms with Gasteiger partial charge in [0.15, 0.2) is 6.29 Å². The number of rotatable bonds is 2. The average Bonchev–Trinajstić information content (AvgIpc) is 2.82. The lowest BCUT2D eigenvalue weighted by Gasteiger charge is -2.19. The molecule has 1 aliphatic rings. The number of carbonyl (C=O) groups is 3. The minimum atomic E-state index is -0.456. The molecule has 0 aliphatic carbocycles. The third-order valence-corrected chi connectivity index (χ3v) is 3.31. The van der Waals surface area contributed by atoms with E-state index < -0.39 is 5.92 Å². The van der Waals surface area contributed by atoms with Crippen molar-refractivity contribution >= 4 is 23.6 Å². The van der Waals surface area contributed by atoms with Crippen LogP contribution < -0.4 is 5.32 Å². The van der Waals surface area contributed by atoms with E-state index in [9.17, 15) is 14.4 Å². The highest BCUT2D eigenvalue weighted by atomic mass is 16.2. The van der Waals surface area contributed by atoms with Crippen molar-refractivity contribution in [3.8, 4) is 0 Å². The Morgan fingerprint density at radius 2 is 2.26 bits per heavy atom. The zero-order valence-corrected chi connectivity index (χ0v) is 10.00. The molecule has 2 aromatic rings. The third-order valence-electron chi connectivity index (χ3n) is 3.31. The van der Waals surface area contributed by atoms with Crippen molar-refractivity contribution in [1.29, 1.82) is 0 Å². The molecule has 0 spiro atoms. The van der Waals surface area contributed by atoms with E-state index in [4.69, 9.17) is 0 Å². The van der Waals surface area contributed by atoms with Gasteiger partial charge < -0.3 is 4.40 Å². The van der Waals surface area contributed by atoms with Crippen molar-refractivity contribution in [3.63, 3.8) is 0 Å². The van der Waals surface area contributed by atoms with Gasteiger partial charge in [0.1, 0.15) is 5.82 Å². The molecule has 0 bridgehead atoms. The van der Waals surface area contributed by atoms with Gasteiger partial charge in [-0.3, -0.25) is 19.7 Å². The Balaban J connectivity index is 2.09. The Bertz CT molecular complexity index is 689. The molecule has 1 fully saturated rings. The maximum absolute atomic E-state index is 11.8. The van der Waals surface area contributed by atoms with Crippen LogP contribution in [0.4, 0.5) is 0 Å². The quantitative estimate of drug-likeness (QED) is 0.633. The fourth-order valence-corrected chi connectivity index (χ4v) is 2.36. The third kappa shape index (κ3) is 1.81. The van der Waals surface area contributed by atoms with Crippen LogP contribution in [0.25, 0.3) is 5.52 Å². The molecule has 2 aromatic heterocycles. The number of imide groups is 1. The largest absolute Gasteiger partial charge is 0.302 e. The van der Waals surface area contributed by atoms with Crippen molar-refractivity contribution in [1.82, 2.24) is 14.7 Å². The van der Waals surface area contributed by atoms with Gasteiger partial charge in [-0.15, -0.1) is 0 Å². The normalized spacial score (nSPS) is 19.5. The van der Waals surface area contributed by atoms with Crippen molar-refractivity contribution in [2.24, 2.45) is 0 Å². The van der Waals surface area contributed by atoms with Gasteiger partial charge in [0.25, 0.3) is 0 Å². The van der Waals surface area contributed by atoms with Crippen LogP contribution in [-0.4, -0.2) is 27.5 Å². The molecule has 1 N–H and O–H groups in total. The standard InChI is InChI=1S/C13H11N3O3/c17-7-8-2-1-5-16-10(8)6-14-12(16)9-3-4-11(18)15-13(9)19/h1-2,5-7,9H,3-4H2,(H,15,18,19). The Labute approximate surface area is 108 Å². The fraction of sp³-hybridized carbons (Fsp3) is 0.231. The predicted molar refractivity (Wildman–Crippen MR) is 65.7 cm³/mol. The van der Waals surface area contributed by atoms with E-state index in [2.05, 4.69) is 10.3 Å². The lowest BCUT2D eigenvalue weighted by atomic mass is 9.97. The molecular weight excluding hydrogens is 246 g/mol. The summed E-state index contributed by atoms with van der Waals surface area (Å²) in [5.74, 6) is -0.484. The van der Waals surface area contributed by atoms with Gasteiger partial charge in [-0.2, -0.15) is 0 Å². The second-order valence-corrected chi connectivity index (χ2v) is 4.46. The van der Waals surface area contributed by atoms with Crippen LogP contribution in [0, 0.1) is 0 Å². The monoisotopic (exact) mass is 257 g/mol. The molecule has 2 amide bonds. The van der Waals surface area contributed by atoms with Crippen molar-refractivity contribution in [3.05, 3.63) is 35.9 Å². The van der Waals surface area contributed by atoms with E-state index >= 15 is 0 Å². The zero-order valence-electron chi connectivity index (χ0n) is 10.00. The summed E-state index contributed by atoms with van der Waals surface area (Å²) in [5.41, 5.74) is 1.19. The number of aldehydes is 1. The van der Waals surface area contributed by atoms with Crippen LogP contribution in [0.15, 0.2) is 24.5 Å². The van der Waals surface area contributed by atoms with Gasteiger partial charge in [0.05, 0.1) is 17.6 Å². The Morgan fingerprint density at radius 1 is 1.42 bits per heavy atom. The van der Waals surface area contributed by atoms with Crippen LogP contribution in [0.2, 0.25) is 0 Å². The van der Waals surface area contributed by atoms with E-state index in [1.54, 1.807) is 28.9 Å². The van der Waals surface area contributed by atoms with E-state index in [0.717, 1.165) is 6.29 Å². The number of nitrogens with one attached hydrogen (secondary N) is 1. The number of nitrogens with zero attached hydrogens (tertiary/aromatic N) is 2. The number of piperidine rings is 1. The molecule has 96 valence electrons. The number of hydrogen-bond acceptors (Lipinski definition) is 4. The number of fused-ring (bicyclic) bond motifs is 1. The molecule has 0 radical (unpaired) electrons. The first kappa shape index (κ1) is 11.6. The summed E-state index contributed by atoms with van der Waals surface area (Å²) >= 11 is 0. The zero-order chi connectivity index (χ0) is 13.4. The summed E-state index contributed by atoms with van der Waals surface area (Å²) in [6, 6.07) is 3.42. The van der Waals surface area contributed by atoms with Gasteiger partial charge in [-0.25, -0.2) is 4.98 Å². The highest BCUT2D eigenvalue weighted by Gasteiger charge is 2.31. The van der Waals surface area contributed by atoms with Crippen LogP contribution in [0.3, 0.4) is 0 Å². The minimum absolute atomic E-state index is 0.254. The summed E-state index contributed by atoms with van der Waals surface area (Å²) < 4.78 is 1.73. The lowest BCUT2D eigenvalue weighted by Crippen LogP contribution is -2.40. The number of hydrogen-bond donors (Lipinski definition) is 1. The number of carbonyl (C=O) groups excluding carboxylic acids is 3. The number of aromatic nitrogens is 2. The highest BCUT2D eigenvalue weighted by Crippen LogP contribution is 2.25. The molecule has 3 rings (SSSR count). The predicted octanol–water partition coefficient (Wildman–Crippen LogP) is 0.667. The summed E-state index contributed by atoms with van der Waals surface area (Å²) in [6.45, 7) is 0. The van der Waals surface area contributed by atoms with E-state index in [1.165, 1.54) is 0 Å². The van der Waals surface area contributed by atoms with E-state index in [-0.39, 0.29) is 11.8 Å². The minimum Gasteiger partial charge on any atom is -0.302 e. The molecular formula is C13H11N3O3. The summed E-state index contributed by atoms with van der Waals surface area (Å²) in [5, 5.41) is 2.31. The fourth-order valence-electron chi connectivity index (χ4n) is 2.36. The average molecular weight is 257 g/mol. The molecule has 1 saturated heterocycles. The van der Waals surface area contributed by atoms with Gasteiger partial charge in [0.2, 0.25) is 11.8 Å². The van der Waals surface area contributed by atoms with Crippen molar-refractivity contribution in [2.45, 2.75) is 18.8 Å². The molecule has 1 aliphatic heterocycles. The molecule has 0 saturated carbocycles. The van der Waals surface area contributed by atoms with Crippen LogP contribution in [0.1, 0.15) is 34.9 Å². The van der Waals surface area contributed by atoms with Crippen LogP contribution >= 0.6 is 0 Å². The highest BCUT2D eigenvalue weighted by molar-refractivity contribution is 6.00. The van der Waals surface area contributed by atoms with Gasteiger partial charge in [-0.05, 0) is 18.6 Å². The molecule has 0 aromatic carbocycles. The molecule has 6 heteroatoms. The number of amides is 2. The molecule has 6 nitrogen and oxygen atoms in total. The van der Waals surface area contributed by atoms with Crippen LogP contribution in [0.5, 0.6) is 0 Å². The molecule has 1 unspecified atom stereocenters. The number of imidazole rings is 1. The molecule has 3 heterocycles. The van der Waals surface area contributed by atoms with Gasteiger partial charge in [0, 0.05) is 18.2 Å². The second-order valence-electron chi connectivity index (χ2n) is 4.46. The summed E-state index contributed by atoms with van der Waals surface area (Å²) in [6.07, 6.45) is 4.83. The Morgan fingerprint density at radius 3 is 3.00 bits per heavy atom. The maximum atomic E-state index is 11.8. The van der Waals surface area contributed by atoms with E-state index in [0.29, 0.717) is 29.7 Å².